The molecule has 0 aliphatic carbocycles. The number of hydrogen-bond acceptors (Lipinski definition) is 13. The fourth-order valence-electron chi connectivity index (χ4n) is 7.49. The van der Waals surface area contributed by atoms with Gasteiger partial charge in [0.25, 0.3) is 0 Å². The van der Waals surface area contributed by atoms with E-state index in [1.807, 2.05) is 0 Å². The van der Waals surface area contributed by atoms with E-state index in [1.54, 1.807) is 46.6 Å². The summed E-state index contributed by atoms with van der Waals surface area (Å²) < 4.78 is 55.9. The van der Waals surface area contributed by atoms with Crippen molar-refractivity contribution in [1.82, 2.24) is 35.0 Å². The Morgan fingerprint density at radius 1 is 0.839 bits per heavy atom. The molecular formula is C38H67N7O10S. The van der Waals surface area contributed by atoms with E-state index >= 15 is 0 Å². The number of fused-ring (bicyclic) bond motifs is 2. The lowest BCUT2D eigenvalue weighted by molar-refractivity contribution is -0.172. The van der Waals surface area contributed by atoms with E-state index in [1.165, 1.54) is 14.7 Å². The van der Waals surface area contributed by atoms with Crippen LogP contribution in [0.4, 0.5) is 14.4 Å². The second-order valence-corrected chi connectivity index (χ2v) is 18.5. The first kappa shape index (κ1) is 45.5. The summed E-state index contributed by atoms with van der Waals surface area (Å²) in [5, 5.41) is 11.0. The van der Waals surface area contributed by atoms with Crippen molar-refractivity contribution in [2.45, 2.75) is 188 Å². The Morgan fingerprint density at radius 2 is 1.46 bits per heavy atom. The zero-order chi connectivity index (χ0) is 41.5. The van der Waals surface area contributed by atoms with Gasteiger partial charge in [-0.15, -0.1) is 14.5 Å². The molecule has 2 bridgehead atoms. The van der Waals surface area contributed by atoms with Gasteiger partial charge < -0.3 is 23.7 Å². The van der Waals surface area contributed by atoms with Gasteiger partial charge in [-0.05, 0) is 80.1 Å². The van der Waals surface area contributed by atoms with Crippen LogP contribution in [0.25, 0.3) is 0 Å². The predicted molar refractivity (Wildman–Crippen MR) is 207 cm³/mol. The zero-order valence-corrected chi connectivity index (χ0v) is 36.2. The standard InChI is InChI=1S/C38H67N7O10S/c1-11-15-21-38(20-14-4,22-16-12-2)44(23-17-13-3)54-56(49,50)55-45-28-18-19-30(43(26-28)33(45)46)32-40-39-31(51-32)27-42(35(48)53-37(8,9)10)29-24-41(25-29)34(47)52-36(5,6)7/h28-30H,11-27H2,1-10H3/t28?,30-/m0/s1. The lowest BCUT2D eigenvalue weighted by Crippen LogP contribution is -2.63. The molecule has 1 aromatic heterocycles. The van der Waals surface area contributed by atoms with Crippen LogP contribution in [0.15, 0.2) is 4.42 Å². The van der Waals surface area contributed by atoms with E-state index in [-0.39, 0.29) is 44.0 Å². The smallest absolute Gasteiger partial charge is 0.437 e. The first-order valence-electron chi connectivity index (χ1n) is 20.6. The van der Waals surface area contributed by atoms with Crippen molar-refractivity contribution in [2.75, 3.05) is 26.2 Å². The predicted octanol–water partition coefficient (Wildman–Crippen LogP) is 7.50. The Kier molecular flexibility index (Phi) is 15.4. The molecule has 4 rings (SSSR count). The van der Waals surface area contributed by atoms with Gasteiger partial charge in [0, 0.05) is 31.7 Å². The van der Waals surface area contributed by atoms with Crippen LogP contribution in [0.1, 0.15) is 164 Å². The van der Waals surface area contributed by atoms with Crippen LogP contribution in [0.5, 0.6) is 0 Å². The SMILES string of the molecule is CCCCN(OS(=O)(=O)ON1C(=O)N2CC1CC[C@H]2c1nnc(CN(C(=O)OC(C)(C)C)C2CN(C(=O)OC(C)(C)C)C2)o1)C(CCC)(CCCC)CCCC. The van der Waals surface area contributed by atoms with E-state index in [0.717, 1.165) is 69.3 Å². The number of hydrogen-bond donors (Lipinski definition) is 0. The van der Waals surface area contributed by atoms with Crippen LogP contribution in [0.3, 0.4) is 0 Å². The van der Waals surface area contributed by atoms with Gasteiger partial charge in [0.2, 0.25) is 11.8 Å². The highest BCUT2D eigenvalue weighted by Gasteiger charge is 2.50. The molecule has 4 heterocycles. The summed E-state index contributed by atoms with van der Waals surface area (Å²) in [4.78, 5) is 44.2. The molecule has 0 spiro atoms. The summed E-state index contributed by atoms with van der Waals surface area (Å²) in [6.07, 6.45) is 8.41. The third-order valence-electron chi connectivity index (χ3n) is 10.3. The lowest BCUT2D eigenvalue weighted by atomic mass is 9.82. The van der Waals surface area contributed by atoms with Crippen LogP contribution in [-0.2, 0) is 35.0 Å². The van der Waals surface area contributed by atoms with Crippen LogP contribution >= 0.6 is 0 Å². The molecule has 3 aliphatic rings. The topological polar surface area (TPSA) is 177 Å². The minimum absolute atomic E-state index is 0.0899. The summed E-state index contributed by atoms with van der Waals surface area (Å²) >= 11 is 0. The Labute approximate surface area is 333 Å². The van der Waals surface area contributed by atoms with Gasteiger partial charge in [-0.3, -0.25) is 4.90 Å². The number of nitrogens with zero attached hydrogens (tertiary/aromatic N) is 7. The van der Waals surface area contributed by atoms with Crippen LogP contribution < -0.4 is 0 Å². The summed E-state index contributed by atoms with van der Waals surface area (Å²) in [6, 6.07) is -2.20. The highest BCUT2D eigenvalue weighted by molar-refractivity contribution is 7.81. The number of carbonyl (C=O) groups is 3. The second kappa shape index (κ2) is 19.0. The van der Waals surface area contributed by atoms with Crippen LogP contribution in [0, 0.1) is 0 Å². The fraction of sp³-hybridized carbons (Fsp3) is 0.868. The van der Waals surface area contributed by atoms with Crippen molar-refractivity contribution >= 4 is 28.6 Å². The van der Waals surface area contributed by atoms with Gasteiger partial charge in [-0.2, -0.15) is 22.8 Å². The van der Waals surface area contributed by atoms with E-state index in [0.29, 0.717) is 19.4 Å². The van der Waals surface area contributed by atoms with E-state index in [4.69, 9.17) is 22.5 Å². The number of hydroxylamine groups is 4. The van der Waals surface area contributed by atoms with Crippen LogP contribution in [0.2, 0.25) is 0 Å². The number of urea groups is 1. The summed E-state index contributed by atoms with van der Waals surface area (Å²) in [5.74, 6) is 0.274. The molecule has 0 aromatic carbocycles. The number of unbranched alkanes of at least 4 members (excludes halogenated alkanes) is 3. The first-order valence-corrected chi connectivity index (χ1v) is 21.9. The maximum Gasteiger partial charge on any atom is 0.437 e. The zero-order valence-electron chi connectivity index (χ0n) is 35.4. The molecule has 3 aliphatic heterocycles. The van der Waals surface area contributed by atoms with E-state index < -0.39 is 57.4 Å². The minimum Gasteiger partial charge on any atom is -0.444 e. The largest absolute Gasteiger partial charge is 0.444 e. The number of amides is 4. The Bertz CT molecular complexity index is 1560. The van der Waals surface area contributed by atoms with Gasteiger partial charge in [-0.1, -0.05) is 66.2 Å². The number of ether oxygens (including phenoxy) is 2. The molecule has 2 atom stereocenters. The molecule has 18 heteroatoms. The van der Waals surface area contributed by atoms with Gasteiger partial charge in [-0.25, -0.2) is 14.4 Å². The lowest BCUT2D eigenvalue weighted by Gasteiger charge is -2.44. The number of likely N-dealkylation sites (tertiary alicyclic amines) is 1. The average molecular weight is 814 g/mol. The molecule has 56 heavy (non-hydrogen) atoms. The minimum atomic E-state index is -4.68. The van der Waals surface area contributed by atoms with Gasteiger partial charge in [0.1, 0.15) is 23.8 Å². The van der Waals surface area contributed by atoms with E-state index in [9.17, 15) is 22.8 Å². The number of rotatable bonds is 20. The van der Waals surface area contributed by atoms with Crippen molar-refractivity contribution in [1.29, 1.82) is 0 Å². The van der Waals surface area contributed by atoms with Crippen molar-refractivity contribution in [3.05, 3.63) is 11.8 Å². The molecule has 17 nitrogen and oxygen atoms in total. The molecule has 1 unspecified atom stereocenters. The Hall–Kier alpha value is -3.22. The highest BCUT2D eigenvalue weighted by atomic mass is 32.3. The molecule has 3 fully saturated rings. The van der Waals surface area contributed by atoms with E-state index in [2.05, 4.69) is 37.9 Å². The van der Waals surface area contributed by atoms with Crippen molar-refractivity contribution in [3.63, 3.8) is 0 Å². The third-order valence-corrected chi connectivity index (χ3v) is 11.0. The molecule has 3 saturated heterocycles. The maximum absolute atomic E-state index is 13.8. The molecule has 0 saturated carbocycles. The summed E-state index contributed by atoms with van der Waals surface area (Å²) in [5.41, 5.74) is -1.91. The second-order valence-electron chi connectivity index (χ2n) is 17.4. The first-order chi connectivity index (χ1) is 26.2. The summed E-state index contributed by atoms with van der Waals surface area (Å²) in [6.45, 7) is 20.0. The van der Waals surface area contributed by atoms with Gasteiger partial charge >= 0.3 is 28.6 Å². The number of piperidine rings is 1. The average Bonchev–Trinajstić information content (AvgIpc) is 3.63. The van der Waals surface area contributed by atoms with Crippen molar-refractivity contribution in [3.8, 4) is 0 Å². The monoisotopic (exact) mass is 813 g/mol. The maximum atomic E-state index is 13.8. The normalized spacial score (nSPS) is 19.5. The molecule has 1 aromatic rings. The number of aromatic nitrogens is 2. The molecule has 0 N–H and O–H groups in total. The third kappa shape index (κ3) is 11.9. The van der Waals surface area contributed by atoms with Crippen LogP contribution in [-0.4, -0.2) is 117 Å². The molecule has 4 amide bonds. The van der Waals surface area contributed by atoms with Gasteiger partial charge in [0.05, 0.1) is 12.1 Å². The molecule has 0 radical (unpaired) electrons. The fourth-order valence-corrected chi connectivity index (χ4v) is 8.35. The van der Waals surface area contributed by atoms with Gasteiger partial charge in [0.15, 0.2) is 0 Å². The Morgan fingerprint density at radius 3 is 2.04 bits per heavy atom. The van der Waals surface area contributed by atoms with Crippen molar-refractivity contribution < 1.29 is 45.3 Å². The number of carbonyl (C=O) groups excluding carboxylic acids is 3. The Balaban J connectivity index is 1.47. The quantitative estimate of drug-likeness (QED) is 0.118. The van der Waals surface area contributed by atoms with Crippen molar-refractivity contribution in [2.24, 2.45) is 0 Å². The molecule has 320 valence electrons. The molecular weight excluding hydrogens is 747 g/mol. The highest BCUT2D eigenvalue weighted by Crippen LogP contribution is 2.40. The summed E-state index contributed by atoms with van der Waals surface area (Å²) in [7, 11) is -4.68.